The van der Waals surface area contributed by atoms with Crippen molar-refractivity contribution in [1.82, 2.24) is 13.8 Å². The van der Waals surface area contributed by atoms with Gasteiger partial charge in [0.05, 0.1) is 7.11 Å². The number of anilines is 1. The van der Waals surface area contributed by atoms with Gasteiger partial charge in [-0.3, -0.25) is 9.59 Å². The standard InChI is InChI=1S/C23H30N4O5S/c1-25-16-20(15-21(25)23(29)26-11-3-4-12-26)33(30,31)27-13-9-17(10-14-27)22(28)24-18-5-7-19(32-2)8-6-18/h5-8,15-17H,3-4,9-14H2,1-2H3,(H,24,28). The molecule has 2 amide bonds. The lowest BCUT2D eigenvalue weighted by Gasteiger charge is -2.30. The smallest absolute Gasteiger partial charge is 0.270 e. The van der Waals surface area contributed by atoms with Crippen molar-refractivity contribution in [2.45, 2.75) is 30.6 Å². The zero-order chi connectivity index (χ0) is 23.6. The Labute approximate surface area is 194 Å². The van der Waals surface area contributed by atoms with Gasteiger partial charge in [-0.25, -0.2) is 8.42 Å². The zero-order valence-electron chi connectivity index (χ0n) is 19.0. The van der Waals surface area contributed by atoms with Gasteiger partial charge in [-0.2, -0.15) is 4.31 Å². The van der Waals surface area contributed by atoms with Crippen molar-refractivity contribution in [3.63, 3.8) is 0 Å². The van der Waals surface area contributed by atoms with Crippen LogP contribution in [0.1, 0.15) is 36.2 Å². The van der Waals surface area contributed by atoms with Gasteiger partial charge < -0.3 is 19.5 Å². The molecule has 4 rings (SSSR count). The third-order valence-electron chi connectivity index (χ3n) is 6.41. The summed E-state index contributed by atoms with van der Waals surface area (Å²) in [7, 11) is -0.467. The summed E-state index contributed by atoms with van der Waals surface area (Å²) in [5, 5.41) is 2.89. The predicted octanol–water partition coefficient (Wildman–Crippen LogP) is 2.31. The van der Waals surface area contributed by atoms with E-state index in [1.807, 2.05) is 0 Å². The lowest BCUT2D eigenvalue weighted by molar-refractivity contribution is -0.120. The number of aryl methyl sites for hydroxylation is 1. The summed E-state index contributed by atoms with van der Waals surface area (Å²) in [5.74, 6) is 0.195. The van der Waals surface area contributed by atoms with E-state index in [2.05, 4.69) is 5.32 Å². The van der Waals surface area contributed by atoms with Crippen LogP contribution in [0.4, 0.5) is 5.69 Å². The average molecular weight is 475 g/mol. The van der Waals surface area contributed by atoms with Crippen LogP contribution in [0.3, 0.4) is 0 Å². The largest absolute Gasteiger partial charge is 0.497 e. The number of aromatic nitrogens is 1. The molecule has 0 radical (unpaired) electrons. The van der Waals surface area contributed by atoms with E-state index in [1.165, 1.54) is 16.6 Å². The Bertz CT molecular complexity index is 1110. The minimum Gasteiger partial charge on any atom is -0.497 e. The van der Waals surface area contributed by atoms with E-state index in [0.29, 0.717) is 43.1 Å². The molecule has 0 unspecified atom stereocenters. The van der Waals surface area contributed by atoms with Gasteiger partial charge in [0.2, 0.25) is 15.9 Å². The van der Waals surface area contributed by atoms with Crippen molar-refractivity contribution in [2.24, 2.45) is 13.0 Å². The molecule has 0 bridgehead atoms. The normalized spacial score (nSPS) is 17.8. The Balaban J connectivity index is 1.38. The number of piperidine rings is 1. The fourth-order valence-corrected chi connectivity index (χ4v) is 5.94. The van der Waals surface area contributed by atoms with Crippen molar-refractivity contribution in [3.8, 4) is 5.75 Å². The number of methoxy groups -OCH3 is 1. The molecule has 2 aliphatic rings. The number of nitrogens with zero attached hydrogens (tertiary/aromatic N) is 3. The summed E-state index contributed by atoms with van der Waals surface area (Å²) in [6, 6.07) is 8.55. The summed E-state index contributed by atoms with van der Waals surface area (Å²) in [6.45, 7) is 1.93. The monoisotopic (exact) mass is 474 g/mol. The summed E-state index contributed by atoms with van der Waals surface area (Å²) >= 11 is 0. The van der Waals surface area contributed by atoms with E-state index in [4.69, 9.17) is 4.74 Å². The topological polar surface area (TPSA) is 101 Å². The van der Waals surface area contributed by atoms with Crippen LogP contribution < -0.4 is 10.1 Å². The Morgan fingerprint density at radius 1 is 1.03 bits per heavy atom. The molecule has 0 atom stereocenters. The van der Waals surface area contributed by atoms with E-state index >= 15 is 0 Å². The first-order chi connectivity index (χ1) is 15.8. The van der Waals surface area contributed by atoms with Crippen molar-refractivity contribution in [1.29, 1.82) is 0 Å². The third-order valence-corrected chi connectivity index (χ3v) is 8.28. The van der Waals surface area contributed by atoms with Gasteiger partial charge in [0.1, 0.15) is 16.3 Å². The lowest BCUT2D eigenvalue weighted by atomic mass is 9.97. The van der Waals surface area contributed by atoms with Gasteiger partial charge in [-0.15, -0.1) is 0 Å². The van der Waals surface area contributed by atoms with Gasteiger partial charge in [0.25, 0.3) is 5.91 Å². The number of nitrogens with one attached hydrogen (secondary N) is 1. The van der Waals surface area contributed by atoms with E-state index < -0.39 is 10.0 Å². The molecule has 0 spiro atoms. The first-order valence-electron chi connectivity index (χ1n) is 11.2. The van der Waals surface area contributed by atoms with Crippen molar-refractivity contribution >= 4 is 27.5 Å². The number of sulfonamides is 1. The van der Waals surface area contributed by atoms with Crippen LogP contribution in [-0.2, 0) is 21.9 Å². The van der Waals surface area contributed by atoms with Crippen LogP contribution >= 0.6 is 0 Å². The summed E-state index contributed by atoms with van der Waals surface area (Å²) in [5.41, 5.74) is 1.06. The number of carbonyl (C=O) groups excluding carboxylic acids is 2. The van der Waals surface area contributed by atoms with Crippen LogP contribution in [-0.4, -0.2) is 67.3 Å². The second kappa shape index (κ2) is 9.56. The highest BCUT2D eigenvalue weighted by molar-refractivity contribution is 7.89. The van der Waals surface area contributed by atoms with Gasteiger partial charge in [0, 0.05) is 51.0 Å². The van der Waals surface area contributed by atoms with Crippen molar-refractivity contribution < 1.29 is 22.7 Å². The van der Waals surface area contributed by atoms with Crippen molar-refractivity contribution in [3.05, 3.63) is 42.2 Å². The third kappa shape index (κ3) is 4.91. The Morgan fingerprint density at radius 3 is 2.27 bits per heavy atom. The SMILES string of the molecule is COc1ccc(NC(=O)C2CCN(S(=O)(=O)c3cc(C(=O)N4CCCC4)n(C)c3)CC2)cc1. The number of hydrogen-bond acceptors (Lipinski definition) is 5. The number of rotatable bonds is 6. The molecule has 1 N–H and O–H groups in total. The molecule has 0 saturated carbocycles. The van der Waals surface area contributed by atoms with E-state index in [-0.39, 0.29) is 35.7 Å². The second-order valence-electron chi connectivity index (χ2n) is 8.57. The van der Waals surface area contributed by atoms with Crippen LogP contribution in [0, 0.1) is 5.92 Å². The number of ether oxygens (including phenoxy) is 1. The maximum Gasteiger partial charge on any atom is 0.270 e. The molecule has 0 aliphatic carbocycles. The van der Waals surface area contributed by atoms with E-state index in [9.17, 15) is 18.0 Å². The number of likely N-dealkylation sites (tertiary alicyclic amines) is 1. The first kappa shape index (κ1) is 23.3. The van der Waals surface area contributed by atoms with Crippen molar-refractivity contribution in [2.75, 3.05) is 38.6 Å². The average Bonchev–Trinajstić information content (AvgIpc) is 3.50. The molecule has 1 aromatic carbocycles. The Kier molecular flexibility index (Phi) is 6.76. The van der Waals surface area contributed by atoms with E-state index in [0.717, 1.165) is 12.8 Å². The van der Waals surface area contributed by atoms with Gasteiger partial charge >= 0.3 is 0 Å². The molecular weight excluding hydrogens is 444 g/mol. The van der Waals surface area contributed by atoms with Crippen LogP contribution in [0.2, 0.25) is 0 Å². The fraction of sp³-hybridized carbons (Fsp3) is 0.478. The fourth-order valence-electron chi connectivity index (χ4n) is 4.40. The maximum atomic E-state index is 13.2. The second-order valence-corrected chi connectivity index (χ2v) is 10.5. The molecule has 10 heteroatoms. The van der Waals surface area contributed by atoms with E-state index in [1.54, 1.807) is 47.9 Å². The Hall–Kier alpha value is -2.85. The molecule has 2 aromatic rings. The highest BCUT2D eigenvalue weighted by Crippen LogP contribution is 2.27. The zero-order valence-corrected chi connectivity index (χ0v) is 19.8. The molecule has 9 nitrogen and oxygen atoms in total. The maximum absolute atomic E-state index is 13.2. The lowest BCUT2D eigenvalue weighted by Crippen LogP contribution is -2.41. The predicted molar refractivity (Wildman–Crippen MR) is 124 cm³/mol. The quantitative estimate of drug-likeness (QED) is 0.692. The molecular formula is C23H30N4O5S. The number of carbonyl (C=O) groups is 2. The number of benzene rings is 1. The molecule has 178 valence electrons. The number of amides is 2. The molecule has 2 saturated heterocycles. The summed E-state index contributed by atoms with van der Waals surface area (Å²) < 4.78 is 34.5. The molecule has 3 heterocycles. The highest BCUT2D eigenvalue weighted by atomic mass is 32.2. The first-order valence-corrected chi connectivity index (χ1v) is 12.6. The van der Waals surface area contributed by atoms with Crippen LogP contribution in [0.5, 0.6) is 5.75 Å². The minimum atomic E-state index is -3.74. The van der Waals surface area contributed by atoms with Crippen LogP contribution in [0.25, 0.3) is 0 Å². The molecule has 1 aromatic heterocycles. The van der Waals surface area contributed by atoms with Crippen LogP contribution in [0.15, 0.2) is 41.4 Å². The highest BCUT2D eigenvalue weighted by Gasteiger charge is 2.34. The van der Waals surface area contributed by atoms with Gasteiger partial charge in [-0.1, -0.05) is 0 Å². The Morgan fingerprint density at radius 2 is 1.67 bits per heavy atom. The molecule has 33 heavy (non-hydrogen) atoms. The van der Waals surface area contributed by atoms with Gasteiger partial charge in [-0.05, 0) is 56.0 Å². The van der Waals surface area contributed by atoms with Gasteiger partial charge in [0.15, 0.2) is 0 Å². The molecule has 2 fully saturated rings. The minimum absolute atomic E-state index is 0.115. The summed E-state index contributed by atoms with van der Waals surface area (Å²) in [4.78, 5) is 27.3. The summed E-state index contributed by atoms with van der Waals surface area (Å²) in [6.07, 6.45) is 4.33. The number of hydrogen-bond donors (Lipinski definition) is 1. The molecule has 2 aliphatic heterocycles.